The van der Waals surface area contributed by atoms with Crippen LogP contribution in [0.15, 0.2) is 12.1 Å². The first-order valence-corrected chi connectivity index (χ1v) is 5.50. The number of imidazole rings is 1. The van der Waals surface area contributed by atoms with Crippen LogP contribution in [-0.2, 0) is 6.54 Å². The highest BCUT2D eigenvalue weighted by Crippen LogP contribution is 2.19. The normalized spacial score (nSPS) is 10.8. The second kappa shape index (κ2) is 4.73. The summed E-state index contributed by atoms with van der Waals surface area (Å²) >= 11 is 5.01. The number of H-pyrrole nitrogens is 1. The molecule has 0 atom stereocenters. The van der Waals surface area contributed by atoms with E-state index in [2.05, 4.69) is 10.3 Å². The Morgan fingerprint density at radius 1 is 1.50 bits per heavy atom. The van der Waals surface area contributed by atoms with Gasteiger partial charge in [-0.15, -0.1) is 0 Å². The molecule has 5 nitrogen and oxygen atoms in total. The standard InChI is InChI=1S/C10H10F2N4OS/c11-5-3-6(12)8-7(4-5)16(10(18)15-8)2-1-14-9(13)17/h3-4H,1-2H2,(H,15,18)(H3,13,14,17). The Morgan fingerprint density at radius 3 is 2.89 bits per heavy atom. The average molecular weight is 272 g/mol. The topological polar surface area (TPSA) is 75.8 Å². The van der Waals surface area contributed by atoms with Gasteiger partial charge in [0.05, 0.1) is 5.52 Å². The van der Waals surface area contributed by atoms with Gasteiger partial charge in [-0.25, -0.2) is 13.6 Å². The number of halogens is 2. The zero-order valence-electron chi connectivity index (χ0n) is 9.17. The van der Waals surface area contributed by atoms with Crippen molar-refractivity contribution in [3.63, 3.8) is 0 Å². The monoisotopic (exact) mass is 272 g/mol. The first-order chi connectivity index (χ1) is 8.49. The van der Waals surface area contributed by atoms with E-state index < -0.39 is 17.7 Å². The van der Waals surface area contributed by atoms with Crippen molar-refractivity contribution >= 4 is 29.3 Å². The zero-order valence-corrected chi connectivity index (χ0v) is 9.98. The van der Waals surface area contributed by atoms with Gasteiger partial charge >= 0.3 is 6.03 Å². The number of urea groups is 1. The number of hydrogen-bond donors (Lipinski definition) is 3. The molecule has 96 valence electrons. The molecule has 0 saturated carbocycles. The van der Waals surface area contributed by atoms with Crippen molar-refractivity contribution in [3.8, 4) is 0 Å². The van der Waals surface area contributed by atoms with Crippen molar-refractivity contribution in [2.45, 2.75) is 6.54 Å². The molecule has 1 aromatic carbocycles. The third-order valence-electron chi connectivity index (χ3n) is 2.44. The summed E-state index contributed by atoms with van der Waals surface area (Å²) in [5.74, 6) is -1.40. The number of carbonyl (C=O) groups is 1. The minimum Gasteiger partial charge on any atom is -0.352 e. The molecule has 18 heavy (non-hydrogen) atoms. The second-order valence-electron chi connectivity index (χ2n) is 3.65. The lowest BCUT2D eigenvalue weighted by molar-refractivity contribution is 0.248. The Balaban J connectivity index is 2.40. The SMILES string of the molecule is NC(=O)NCCn1c(=S)[nH]c2c(F)cc(F)cc21. The van der Waals surface area contributed by atoms with Gasteiger partial charge in [-0.05, 0) is 18.3 Å². The number of nitrogens with zero attached hydrogens (tertiary/aromatic N) is 1. The molecule has 1 heterocycles. The minimum atomic E-state index is -0.710. The van der Waals surface area contributed by atoms with Crippen LogP contribution in [0, 0.1) is 16.4 Å². The average Bonchev–Trinajstić information content (AvgIpc) is 2.56. The number of rotatable bonds is 3. The molecule has 8 heteroatoms. The molecule has 1 aromatic heterocycles. The number of nitrogens with two attached hydrogens (primary N) is 1. The Morgan fingerprint density at radius 2 is 2.22 bits per heavy atom. The summed E-state index contributed by atoms with van der Waals surface area (Å²) in [6, 6.07) is 1.29. The summed E-state index contributed by atoms with van der Waals surface area (Å²) in [6.07, 6.45) is 0. The fourth-order valence-electron chi connectivity index (χ4n) is 1.69. The summed E-state index contributed by atoms with van der Waals surface area (Å²) in [4.78, 5) is 13.2. The first kappa shape index (κ1) is 12.5. The summed E-state index contributed by atoms with van der Waals surface area (Å²) in [6.45, 7) is 0.486. The van der Waals surface area contributed by atoms with Gasteiger partial charge in [-0.1, -0.05) is 0 Å². The van der Waals surface area contributed by atoms with Gasteiger partial charge in [0.2, 0.25) is 0 Å². The molecule has 0 spiro atoms. The molecule has 0 saturated heterocycles. The number of carbonyl (C=O) groups excluding carboxylic acids is 1. The van der Waals surface area contributed by atoms with Crippen molar-refractivity contribution in [2.24, 2.45) is 5.73 Å². The summed E-state index contributed by atoms with van der Waals surface area (Å²) in [5, 5.41) is 2.38. The lowest BCUT2D eigenvalue weighted by Gasteiger charge is -2.05. The number of primary amides is 1. The van der Waals surface area contributed by atoms with Crippen LogP contribution in [0.25, 0.3) is 11.0 Å². The van der Waals surface area contributed by atoms with E-state index in [0.717, 1.165) is 6.07 Å². The molecule has 0 aliphatic heterocycles. The fraction of sp³-hybridized carbons (Fsp3) is 0.200. The van der Waals surface area contributed by atoms with E-state index in [4.69, 9.17) is 18.0 Å². The van der Waals surface area contributed by atoms with Crippen molar-refractivity contribution < 1.29 is 13.6 Å². The summed E-state index contributed by atoms with van der Waals surface area (Å²) < 4.78 is 28.4. The number of fused-ring (bicyclic) bond motifs is 1. The largest absolute Gasteiger partial charge is 0.352 e. The number of hydrogen-bond acceptors (Lipinski definition) is 2. The summed E-state index contributed by atoms with van der Waals surface area (Å²) in [7, 11) is 0. The molecule has 0 aliphatic rings. The van der Waals surface area contributed by atoms with Gasteiger partial charge in [0, 0.05) is 19.2 Å². The number of benzene rings is 1. The van der Waals surface area contributed by atoms with E-state index in [1.165, 1.54) is 10.6 Å². The van der Waals surface area contributed by atoms with Crippen LogP contribution in [0.2, 0.25) is 0 Å². The highest BCUT2D eigenvalue weighted by molar-refractivity contribution is 7.71. The molecule has 2 rings (SSSR count). The lowest BCUT2D eigenvalue weighted by Crippen LogP contribution is -2.32. The molecule has 0 radical (unpaired) electrons. The maximum atomic E-state index is 13.5. The predicted octanol–water partition coefficient (Wildman–Crippen LogP) is 1.65. The Hall–Kier alpha value is -1.96. The van der Waals surface area contributed by atoms with Crippen molar-refractivity contribution in [1.82, 2.24) is 14.9 Å². The zero-order chi connectivity index (χ0) is 13.3. The van der Waals surface area contributed by atoms with Crippen LogP contribution in [0.5, 0.6) is 0 Å². The number of aromatic amines is 1. The van der Waals surface area contributed by atoms with Gasteiger partial charge in [-0.3, -0.25) is 0 Å². The third-order valence-corrected chi connectivity index (χ3v) is 2.76. The van der Waals surface area contributed by atoms with Gasteiger partial charge in [0.25, 0.3) is 0 Å². The lowest BCUT2D eigenvalue weighted by atomic mass is 10.3. The van der Waals surface area contributed by atoms with Gasteiger partial charge in [0.15, 0.2) is 10.6 Å². The number of amides is 2. The van der Waals surface area contributed by atoms with E-state index in [9.17, 15) is 13.6 Å². The highest BCUT2D eigenvalue weighted by Gasteiger charge is 2.10. The highest BCUT2D eigenvalue weighted by atomic mass is 32.1. The molecule has 2 aromatic rings. The molecule has 0 aliphatic carbocycles. The molecule has 2 amide bonds. The van der Waals surface area contributed by atoms with Crippen LogP contribution in [-0.4, -0.2) is 22.1 Å². The third kappa shape index (κ3) is 2.33. The number of aromatic nitrogens is 2. The van der Waals surface area contributed by atoms with E-state index in [-0.39, 0.29) is 23.4 Å². The van der Waals surface area contributed by atoms with Crippen LogP contribution in [0.1, 0.15) is 0 Å². The molecular weight excluding hydrogens is 262 g/mol. The van der Waals surface area contributed by atoms with E-state index in [1.807, 2.05) is 0 Å². The van der Waals surface area contributed by atoms with Crippen LogP contribution in [0.4, 0.5) is 13.6 Å². The van der Waals surface area contributed by atoms with Crippen molar-refractivity contribution in [2.75, 3.05) is 6.54 Å². The fourth-order valence-corrected chi connectivity index (χ4v) is 1.99. The van der Waals surface area contributed by atoms with Crippen molar-refractivity contribution in [1.29, 1.82) is 0 Å². The Kier molecular flexibility index (Phi) is 3.28. The molecule has 4 N–H and O–H groups in total. The van der Waals surface area contributed by atoms with E-state index in [1.54, 1.807) is 0 Å². The van der Waals surface area contributed by atoms with Crippen LogP contribution < -0.4 is 11.1 Å². The molecule has 0 unspecified atom stereocenters. The van der Waals surface area contributed by atoms with Crippen molar-refractivity contribution in [3.05, 3.63) is 28.5 Å². The Labute approximate surface area is 106 Å². The summed E-state index contributed by atoms with van der Waals surface area (Å²) in [5.41, 5.74) is 5.37. The first-order valence-electron chi connectivity index (χ1n) is 5.10. The van der Waals surface area contributed by atoms with Crippen LogP contribution >= 0.6 is 12.2 Å². The predicted molar refractivity (Wildman–Crippen MR) is 64.6 cm³/mol. The molecule has 0 fully saturated rings. The number of nitrogens with one attached hydrogen (secondary N) is 2. The molecular formula is C10H10F2N4OS. The van der Waals surface area contributed by atoms with Gasteiger partial charge in [-0.2, -0.15) is 0 Å². The van der Waals surface area contributed by atoms with E-state index >= 15 is 0 Å². The van der Waals surface area contributed by atoms with Gasteiger partial charge < -0.3 is 20.6 Å². The maximum Gasteiger partial charge on any atom is 0.312 e. The van der Waals surface area contributed by atoms with Crippen LogP contribution in [0.3, 0.4) is 0 Å². The van der Waals surface area contributed by atoms with E-state index in [0.29, 0.717) is 5.52 Å². The molecule has 0 bridgehead atoms. The second-order valence-corrected chi connectivity index (χ2v) is 4.04. The quantitative estimate of drug-likeness (QED) is 0.743. The Bertz CT molecular complexity index is 664. The maximum absolute atomic E-state index is 13.5. The smallest absolute Gasteiger partial charge is 0.312 e. The van der Waals surface area contributed by atoms with Gasteiger partial charge in [0.1, 0.15) is 11.3 Å². The minimum absolute atomic E-state index is 0.139.